The van der Waals surface area contributed by atoms with Crippen LogP contribution in [0.3, 0.4) is 0 Å². The van der Waals surface area contributed by atoms with E-state index in [0.29, 0.717) is 8.95 Å². The fourth-order valence-corrected chi connectivity index (χ4v) is 2.37. The molecule has 0 aliphatic rings. The zero-order valence-electron chi connectivity index (χ0n) is 14.9. The zero-order valence-corrected chi connectivity index (χ0v) is 18.1. The summed E-state index contributed by atoms with van der Waals surface area (Å²) in [6.45, 7) is -1.41. The van der Waals surface area contributed by atoms with Crippen molar-refractivity contribution in [2.45, 2.75) is 6.18 Å². The predicted molar refractivity (Wildman–Crippen MR) is 102 cm³/mol. The number of carboxylic acids is 1. The number of rotatable bonds is 5. The van der Waals surface area contributed by atoms with Gasteiger partial charge in [0.25, 0.3) is 5.91 Å². The second-order valence-corrected chi connectivity index (χ2v) is 6.84. The molecule has 2 N–H and O–H groups in total. The van der Waals surface area contributed by atoms with Crippen molar-refractivity contribution < 1.29 is 37.3 Å². The van der Waals surface area contributed by atoms with Crippen LogP contribution in [-0.4, -0.2) is 53.9 Å². The van der Waals surface area contributed by atoms with Crippen LogP contribution in [-0.2, 0) is 0 Å². The fraction of sp³-hybridized carbons (Fsp3) is 0.250. The molecule has 2 aromatic rings. The Hall–Kier alpha value is -2.41. The number of hydrogen-bond donors (Lipinski definition) is 2. The van der Waals surface area contributed by atoms with Gasteiger partial charge in [0, 0.05) is 21.3 Å². The quantitative estimate of drug-likeness (QED) is 0.590. The van der Waals surface area contributed by atoms with Crippen LogP contribution < -0.4 is 14.8 Å². The smallest absolute Gasteiger partial charge is 0.405 e. The normalized spacial score (nSPS) is 10.4. The van der Waals surface area contributed by atoms with E-state index in [1.54, 1.807) is 11.4 Å². The lowest BCUT2D eigenvalue weighted by molar-refractivity contribution is -0.123. The van der Waals surface area contributed by atoms with E-state index in [9.17, 15) is 22.8 Å². The largest absolute Gasteiger partial charge is 0.494 e. The van der Waals surface area contributed by atoms with Gasteiger partial charge >= 0.3 is 12.1 Å². The maximum absolute atomic E-state index is 11.9. The average Bonchev–Trinajstić information content (AvgIpc) is 2.65. The van der Waals surface area contributed by atoms with Crippen LogP contribution in [0.25, 0.3) is 0 Å². The Morgan fingerprint density at radius 3 is 1.90 bits per heavy atom. The molecule has 0 aromatic carbocycles. The van der Waals surface area contributed by atoms with Crippen LogP contribution >= 0.6 is 31.9 Å². The minimum atomic E-state index is -4.46. The number of ether oxygens (including phenoxy) is 2. The molecule has 0 aliphatic heterocycles. The number of carbonyl (C=O) groups excluding carboxylic acids is 1. The third kappa shape index (κ3) is 8.23. The third-order valence-electron chi connectivity index (χ3n) is 2.95. The number of amides is 1. The summed E-state index contributed by atoms with van der Waals surface area (Å²) in [6, 6.07) is 2.99. The zero-order chi connectivity index (χ0) is 22.2. The summed E-state index contributed by atoms with van der Waals surface area (Å²) < 4.78 is 46.6. The molecule has 2 rings (SSSR count). The second kappa shape index (κ2) is 11.0. The number of aromatic carboxylic acids is 1. The highest BCUT2D eigenvalue weighted by molar-refractivity contribution is 9.10. The maximum Gasteiger partial charge on any atom is 0.405 e. The first-order valence-electron chi connectivity index (χ1n) is 7.45. The van der Waals surface area contributed by atoms with Crippen LogP contribution in [0.5, 0.6) is 11.5 Å². The molecule has 0 aliphatic carbocycles. The van der Waals surface area contributed by atoms with Crippen LogP contribution in [0.4, 0.5) is 13.2 Å². The van der Waals surface area contributed by atoms with Crippen molar-refractivity contribution in [1.82, 2.24) is 15.3 Å². The maximum atomic E-state index is 11.9. The molecule has 2 aromatic heterocycles. The number of nitrogens with one attached hydrogen (secondary N) is 1. The Bertz CT molecular complexity index is 881. The van der Waals surface area contributed by atoms with Gasteiger partial charge in [-0.25, -0.2) is 14.8 Å². The van der Waals surface area contributed by atoms with Gasteiger partial charge in [-0.2, -0.15) is 13.2 Å². The summed E-state index contributed by atoms with van der Waals surface area (Å²) in [5.74, 6) is -1.69. The molecule has 8 nitrogen and oxygen atoms in total. The summed E-state index contributed by atoms with van der Waals surface area (Å²) in [5, 5.41) is 10.3. The van der Waals surface area contributed by atoms with Gasteiger partial charge < -0.3 is 19.9 Å². The van der Waals surface area contributed by atoms with Gasteiger partial charge in [0.1, 0.15) is 6.54 Å². The van der Waals surface area contributed by atoms with Crippen LogP contribution in [0.1, 0.15) is 21.0 Å². The predicted octanol–water partition coefficient (Wildman–Crippen LogP) is 3.70. The molecule has 0 saturated heterocycles. The molecule has 0 radical (unpaired) electrons. The van der Waals surface area contributed by atoms with Crippen molar-refractivity contribution >= 4 is 43.7 Å². The van der Waals surface area contributed by atoms with E-state index < -0.39 is 24.6 Å². The Kier molecular flexibility index (Phi) is 9.30. The van der Waals surface area contributed by atoms with E-state index in [0.717, 1.165) is 0 Å². The van der Waals surface area contributed by atoms with Crippen molar-refractivity contribution in [2.24, 2.45) is 0 Å². The molecular formula is C16H14Br2F3N3O5. The topological polar surface area (TPSA) is 111 Å². The number of halogens is 5. The summed E-state index contributed by atoms with van der Waals surface area (Å²) >= 11 is 6.25. The lowest BCUT2D eigenvalue weighted by atomic mass is 10.3. The summed E-state index contributed by atoms with van der Waals surface area (Å²) in [4.78, 5) is 29.3. The van der Waals surface area contributed by atoms with Gasteiger partial charge in [0.2, 0.25) is 0 Å². The summed E-state index contributed by atoms with van der Waals surface area (Å²) in [6.07, 6.45) is -1.75. The van der Waals surface area contributed by atoms with Crippen molar-refractivity contribution in [1.29, 1.82) is 0 Å². The highest BCUT2D eigenvalue weighted by atomic mass is 79.9. The van der Waals surface area contributed by atoms with E-state index in [-0.39, 0.29) is 22.9 Å². The van der Waals surface area contributed by atoms with E-state index in [4.69, 9.17) is 14.6 Å². The lowest BCUT2D eigenvalue weighted by Gasteiger charge is -2.10. The molecule has 0 unspecified atom stereocenters. The van der Waals surface area contributed by atoms with Gasteiger partial charge in [0.15, 0.2) is 22.9 Å². The van der Waals surface area contributed by atoms with Gasteiger partial charge in [0.05, 0.1) is 14.2 Å². The Balaban J connectivity index is 0.000000308. The molecule has 1 amide bonds. The molecular weight excluding hydrogens is 531 g/mol. The number of nitrogens with zero attached hydrogens (tertiary/aromatic N) is 2. The van der Waals surface area contributed by atoms with Crippen molar-refractivity contribution in [3.63, 3.8) is 0 Å². The Morgan fingerprint density at radius 2 is 1.48 bits per heavy atom. The number of aromatic nitrogens is 2. The number of alkyl halides is 3. The average molecular weight is 545 g/mol. The SMILES string of the molecule is COc1cc(Br)cnc1C(=O)NCC(F)(F)F.COc1cc(Br)cnc1C(=O)O. The summed E-state index contributed by atoms with van der Waals surface area (Å²) in [5.41, 5.74) is -0.277. The first kappa shape index (κ1) is 24.6. The Morgan fingerprint density at radius 1 is 1.03 bits per heavy atom. The Labute approximate surface area is 179 Å². The molecule has 0 saturated carbocycles. The number of hydrogen-bond acceptors (Lipinski definition) is 6. The van der Waals surface area contributed by atoms with Crippen molar-refractivity contribution in [2.75, 3.05) is 20.8 Å². The van der Waals surface area contributed by atoms with Crippen LogP contribution in [0.2, 0.25) is 0 Å². The number of carbonyl (C=O) groups is 2. The molecule has 0 spiro atoms. The standard InChI is InChI=1S/C9H8BrF3N2O2.C7H6BrNO3/c1-17-6-2-5(10)3-14-7(6)8(16)15-4-9(11,12)13;1-12-5-2-4(8)3-9-6(5)7(10)11/h2-3H,4H2,1H3,(H,15,16);2-3H,1H3,(H,10,11). The summed E-state index contributed by atoms with van der Waals surface area (Å²) in [7, 11) is 2.69. The van der Waals surface area contributed by atoms with Crippen molar-refractivity contribution in [3.8, 4) is 11.5 Å². The van der Waals surface area contributed by atoms with Gasteiger partial charge in [-0.1, -0.05) is 0 Å². The second-order valence-electron chi connectivity index (χ2n) is 5.01. The molecule has 0 bridgehead atoms. The molecule has 29 heavy (non-hydrogen) atoms. The van der Waals surface area contributed by atoms with Crippen molar-refractivity contribution in [3.05, 3.63) is 44.9 Å². The minimum Gasteiger partial charge on any atom is -0.494 e. The first-order valence-corrected chi connectivity index (χ1v) is 9.04. The lowest BCUT2D eigenvalue weighted by Crippen LogP contribution is -2.34. The number of carboxylic acid groups (broad SMARTS) is 1. The highest BCUT2D eigenvalue weighted by Gasteiger charge is 2.28. The number of methoxy groups -OCH3 is 2. The number of pyridine rings is 2. The highest BCUT2D eigenvalue weighted by Crippen LogP contribution is 2.22. The molecule has 0 fully saturated rings. The van der Waals surface area contributed by atoms with E-state index in [1.165, 1.54) is 32.7 Å². The van der Waals surface area contributed by atoms with Gasteiger partial charge in [-0.05, 0) is 44.0 Å². The van der Waals surface area contributed by atoms with Gasteiger partial charge in [-0.3, -0.25) is 4.79 Å². The fourth-order valence-electron chi connectivity index (χ4n) is 1.75. The van der Waals surface area contributed by atoms with Crippen LogP contribution in [0, 0.1) is 0 Å². The van der Waals surface area contributed by atoms with E-state index in [1.807, 2.05) is 0 Å². The van der Waals surface area contributed by atoms with Gasteiger partial charge in [-0.15, -0.1) is 0 Å². The minimum absolute atomic E-state index is 0.0827. The first-order chi connectivity index (χ1) is 13.5. The molecule has 13 heteroatoms. The van der Waals surface area contributed by atoms with E-state index in [2.05, 4.69) is 41.8 Å². The van der Waals surface area contributed by atoms with Crippen LogP contribution in [0.15, 0.2) is 33.5 Å². The third-order valence-corrected chi connectivity index (χ3v) is 3.81. The molecule has 158 valence electrons. The van der Waals surface area contributed by atoms with E-state index >= 15 is 0 Å². The molecule has 0 atom stereocenters. The molecule has 2 heterocycles. The monoisotopic (exact) mass is 543 g/mol.